The Kier molecular flexibility index (Phi) is 3.23. The number of aromatic nitrogens is 4. The monoisotopic (exact) mass is 236 g/mol. The molecule has 1 N–H and O–H groups in total. The molecule has 2 rings (SSSR count). The number of hydrogen-bond acceptors (Lipinski definition) is 5. The van der Waals surface area contributed by atoms with Gasteiger partial charge in [-0.05, 0) is 13.8 Å². The fourth-order valence-electron chi connectivity index (χ4n) is 1.75. The van der Waals surface area contributed by atoms with Crippen molar-refractivity contribution in [3.05, 3.63) is 28.7 Å². The van der Waals surface area contributed by atoms with Gasteiger partial charge in [0.25, 0.3) is 0 Å². The largest absolute Gasteiger partial charge is 0.392 e. The quantitative estimate of drug-likeness (QED) is 0.856. The summed E-state index contributed by atoms with van der Waals surface area (Å²) in [4.78, 5) is 4.23. The second kappa shape index (κ2) is 4.67. The Morgan fingerprint density at radius 3 is 2.65 bits per heavy atom. The average Bonchev–Trinajstić information content (AvgIpc) is 2.86. The van der Waals surface area contributed by atoms with E-state index in [1.807, 2.05) is 20.8 Å². The molecule has 92 valence electrons. The maximum absolute atomic E-state index is 9.22. The van der Waals surface area contributed by atoms with Crippen molar-refractivity contribution in [2.45, 2.75) is 40.3 Å². The highest BCUT2D eigenvalue weighted by molar-refractivity contribution is 5.23. The molecule has 6 heteroatoms. The van der Waals surface area contributed by atoms with E-state index in [0.29, 0.717) is 18.3 Å². The molecule has 17 heavy (non-hydrogen) atoms. The van der Waals surface area contributed by atoms with Crippen LogP contribution in [0.2, 0.25) is 0 Å². The summed E-state index contributed by atoms with van der Waals surface area (Å²) >= 11 is 0. The summed E-state index contributed by atoms with van der Waals surface area (Å²) in [6.45, 7) is 6.24. The van der Waals surface area contributed by atoms with Crippen molar-refractivity contribution in [1.29, 1.82) is 0 Å². The summed E-state index contributed by atoms with van der Waals surface area (Å²) in [6, 6.07) is 0. The molecule has 0 unspecified atom stereocenters. The van der Waals surface area contributed by atoms with Gasteiger partial charge in [-0.15, -0.1) is 0 Å². The Bertz CT molecular complexity index is 516. The van der Waals surface area contributed by atoms with Crippen LogP contribution in [0.25, 0.3) is 0 Å². The van der Waals surface area contributed by atoms with Gasteiger partial charge in [-0.25, -0.2) is 0 Å². The minimum Gasteiger partial charge on any atom is -0.392 e. The van der Waals surface area contributed by atoms with E-state index in [1.54, 1.807) is 4.68 Å². The number of aliphatic hydroxyl groups is 1. The topological polar surface area (TPSA) is 77.0 Å². The molecular weight excluding hydrogens is 220 g/mol. The molecule has 0 aromatic carbocycles. The van der Waals surface area contributed by atoms with Crippen LogP contribution in [0, 0.1) is 13.8 Å². The van der Waals surface area contributed by atoms with Gasteiger partial charge in [-0.3, -0.25) is 4.68 Å². The predicted octanol–water partition coefficient (Wildman–Crippen LogP) is 0.986. The third-order valence-corrected chi connectivity index (χ3v) is 2.79. The van der Waals surface area contributed by atoms with E-state index in [9.17, 15) is 5.11 Å². The van der Waals surface area contributed by atoms with Crippen LogP contribution in [0.5, 0.6) is 0 Å². The standard InChI is InChI=1S/C11H16N4O2/c1-4-11-12-10(14-17-11)5-15-8(3)9(6-16)7(2)13-15/h16H,4-6H2,1-3H3. The molecule has 0 fully saturated rings. The summed E-state index contributed by atoms with van der Waals surface area (Å²) in [5, 5.41) is 17.4. The van der Waals surface area contributed by atoms with Crippen LogP contribution in [0.4, 0.5) is 0 Å². The molecule has 0 spiro atoms. The number of nitrogens with zero attached hydrogens (tertiary/aromatic N) is 4. The molecule has 0 saturated heterocycles. The van der Waals surface area contributed by atoms with Crippen molar-refractivity contribution in [3.8, 4) is 0 Å². The molecule has 0 saturated carbocycles. The molecule has 0 bridgehead atoms. The summed E-state index contributed by atoms with van der Waals surface area (Å²) in [5.41, 5.74) is 2.64. The second-order valence-electron chi connectivity index (χ2n) is 3.92. The van der Waals surface area contributed by atoms with Gasteiger partial charge < -0.3 is 9.63 Å². The van der Waals surface area contributed by atoms with Crippen molar-refractivity contribution in [2.24, 2.45) is 0 Å². The maximum Gasteiger partial charge on any atom is 0.226 e. The second-order valence-corrected chi connectivity index (χ2v) is 3.92. The zero-order valence-corrected chi connectivity index (χ0v) is 10.3. The first-order valence-corrected chi connectivity index (χ1v) is 5.60. The van der Waals surface area contributed by atoms with Crippen LogP contribution in [-0.2, 0) is 19.6 Å². The van der Waals surface area contributed by atoms with Crippen molar-refractivity contribution >= 4 is 0 Å². The van der Waals surface area contributed by atoms with E-state index in [0.717, 1.165) is 23.4 Å². The van der Waals surface area contributed by atoms with Gasteiger partial charge in [0.2, 0.25) is 5.89 Å². The van der Waals surface area contributed by atoms with Gasteiger partial charge in [0.1, 0.15) is 6.54 Å². The van der Waals surface area contributed by atoms with E-state index < -0.39 is 0 Å². The molecule has 0 amide bonds. The number of aryl methyl sites for hydroxylation is 2. The van der Waals surface area contributed by atoms with Gasteiger partial charge in [0.05, 0.1) is 12.3 Å². The minimum absolute atomic E-state index is 0.00409. The molecule has 2 aromatic heterocycles. The smallest absolute Gasteiger partial charge is 0.226 e. The molecule has 0 aliphatic carbocycles. The lowest BCUT2D eigenvalue weighted by Gasteiger charge is -2.00. The highest BCUT2D eigenvalue weighted by Crippen LogP contribution is 2.13. The Morgan fingerprint density at radius 2 is 2.12 bits per heavy atom. The lowest BCUT2D eigenvalue weighted by molar-refractivity contribution is 0.280. The van der Waals surface area contributed by atoms with Crippen molar-refractivity contribution in [3.63, 3.8) is 0 Å². The van der Waals surface area contributed by atoms with E-state index >= 15 is 0 Å². The summed E-state index contributed by atoms with van der Waals surface area (Å²) in [6.07, 6.45) is 0.728. The SMILES string of the molecule is CCc1nc(Cn2nc(C)c(CO)c2C)no1. The van der Waals surface area contributed by atoms with E-state index in [1.165, 1.54) is 0 Å². The lowest BCUT2D eigenvalue weighted by atomic mass is 10.2. The third kappa shape index (κ3) is 2.21. The molecular formula is C11H16N4O2. The maximum atomic E-state index is 9.22. The molecule has 0 radical (unpaired) electrons. The molecule has 0 aliphatic heterocycles. The molecule has 2 heterocycles. The van der Waals surface area contributed by atoms with Gasteiger partial charge in [-0.1, -0.05) is 12.1 Å². The van der Waals surface area contributed by atoms with Crippen LogP contribution in [0.15, 0.2) is 4.52 Å². The normalized spacial score (nSPS) is 11.1. The zero-order valence-electron chi connectivity index (χ0n) is 10.3. The summed E-state index contributed by atoms with van der Waals surface area (Å²) in [5.74, 6) is 1.24. The summed E-state index contributed by atoms with van der Waals surface area (Å²) in [7, 11) is 0. The zero-order chi connectivity index (χ0) is 12.4. The molecule has 0 atom stereocenters. The van der Waals surface area contributed by atoms with Gasteiger partial charge in [0.15, 0.2) is 5.82 Å². The van der Waals surface area contributed by atoms with E-state index in [-0.39, 0.29) is 6.61 Å². The van der Waals surface area contributed by atoms with Crippen LogP contribution in [0.1, 0.15) is 35.6 Å². The van der Waals surface area contributed by atoms with Crippen molar-refractivity contribution in [1.82, 2.24) is 19.9 Å². The number of rotatable bonds is 4. The minimum atomic E-state index is 0.00409. The van der Waals surface area contributed by atoms with Crippen LogP contribution in [-0.4, -0.2) is 25.0 Å². The molecule has 2 aromatic rings. The molecule has 6 nitrogen and oxygen atoms in total. The van der Waals surface area contributed by atoms with Gasteiger partial charge >= 0.3 is 0 Å². The fraction of sp³-hybridized carbons (Fsp3) is 0.545. The van der Waals surface area contributed by atoms with Crippen LogP contribution < -0.4 is 0 Å². The first kappa shape index (κ1) is 11.8. The highest BCUT2D eigenvalue weighted by Gasteiger charge is 2.13. The number of hydrogen-bond donors (Lipinski definition) is 1. The Labute approximate surface area is 99.3 Å². The van der Waals surface area contributed by atoms with Gasteiger partial charge in [-0.2, -0.15) is 10.1 Å². The van der Waals surface area contributed by atoms with E-state index in [2.05, 4.69) is 15.2 Å². The molecule has 0 aliphatic rings. The highest BCUT2D eigenvalue weighted by atomic mass is 16.5. The first-order chi connectivity index (χ1) is 8.15. The Hall–Kier alpha value is -1.69. The fourth-order valence-corrected chi connectivity index (χ4v) is 1.75. The average molecular weight is 236 g/mol. The first-order valence-electron chi connectivity index (χ1n) is 5.60. The summed E-state index contributed by atoms with van der Waals surface area (Å²) < 4.78 is 6.82. The van der Waals surface area contributed by atoms with Crippen LogP contribution >= 0.6 is 0 Å². The van der Waals surface area contributed by atoms with Crippen molar-refractivity contribution < 1.29 is 9.63 Å². The van der Waals surface area contributed by atoms with Crippen LogP contribution in [0.3, 0.4) is 0 Å². The lowest BCUT2D eigenvalue weighted by Crippen LogP contribution is -2.06. The predicted molar refractivity (Wildman–Crippen MR) is 60.4 cm³/mol. The van der Waals surface area contributed by atoms with Gasteiger partial charge in [0, 0.05) is 17.7 Å². The Balaban J connectivity index is 2.24. The van der Waals surface area contributed by atoms with E-state index in [4.69, 9.17) is 4.52 Å². The third-order valence-electron chi connectivity index (χ3n) is 2.79. The number of aliphatic hydroxyl groups excluding tert-OH is 1. The Morgan fingerprint density at radius 1 is 1.35 bits per heavy atom. The van der Waals surface area contributed by atoms with Crippen molar-refractivity contribution in [2.75, 3.05) is 0 Å².